The molecule has 0 bridgehead atoms. The van der Waals surface area contributed by atoms with Gasteiger partial charge in [0.1, 0.15) is 48.0 Å². The minimum atomic E-state index is -1.45. The molecule has 0 spiro atoms. The van der Waals surface area contributed by atoms with Gasteiger partial charge in [-0.15, -0.1) is 0 Å². The lowest BCUT2D eigenvalue weighted by molar-refractivity contribution is -0.362. The van der Waals surface area contributed by atoms with Crippen LogP contribution in [-0.4, -0.2) is 113 Å². The molecule has 12 nitrogen and oxygen atoms in total. The fraction of sp³-hybridized carbons (Fsp3) is 0.750. The van der Waals surface area contributed by atoms with Gasteiger partial charge in [0.15, 0.2) is 12.6 Å². The number of ether oxygens (including phenoxy) is 7. The first kappa shape index (κ1) is 29.6. The number of hydrogen-bond acceptors (Lipinski definition) is 12. The molecule has 4 N–H and O–H groups in total. The Hall–Kier alpha value is -1.87. The molecule has 0 aromatic heterocycles. The molecule has 0 unspecified atom stereocenters. The van der Waals surface area contributed by atoms with E-state index in [1.165, 1.54) is 24.3 Å². The van der Waals surface area contributed by atoms with Crippen LogP contribution in [0.25, 0.3) is 0 Å². The molecular formula is C28H40O12. The summed E-state index contributed by atoms with van der Waals surface area (Å²) in [6.45, 7) is 7.44. The number of phenols is 1. The second-order valence-electron chi connectivity index (χ2n) is 11.5. The van der Waals surface area contributed by atoms with Crippen molar-refractivity contribution in [2.45, 2.75) is 101 Å². The monoisotopic (exact) mass is 568 g/mol. The summed E-state index contributed by atoms with van der Waals surface area (Å²) in [7, 11) is 0. The van der Waals surface area contributed by atoms with Crippen LogP contribution in [0.1, 0.15) is 44.5 Å². The number of aliphatic hydroxyl groups is 3. The number of carbonyl (C=O) groups is 1. The number of benzene rings is 1. The van der Waals surface area contributed by atoms with Gasteiger partial charge in [-0.25, -0.2) is 4.79 Å². The molecule has 1 aliphatic carbocycles. The highest BCUT2D eigenvalue weighted by molar-refractivity contribution is 5.89. The fourth-order valence-electron chi connectivity index (χ4n) is 6.16. The van der Waals surface area contributed by atoms with E-state index in [0.717, 1.165) is 0 Å². The van der Waals surface area contributed by atoms with E-state index in [9.17, 15) is 25.2 Å². The molecule has 4 aliphatic rings. The second kappa shape index (κ2) is 11.8. The van der Waals surface area contributed by atoms with Crippen LogP contribution in [0.15, 0.2) is 24.3 Å². The van der Waals surface area contributed by atoms with Crippen LogP contribution in [0.3, 0.4) is 0 Å². The van der Waals surface area contributed by atoms with E-state index in [1.54, 1.807) is 0 Å². The highest BCUT2D eigenvalue weighted by Crippen LogP contribution is 2.61. The third-order valence-corrected chi connectivity index (χ3v) is 8.07. The van der Waals surface area contributed by atoms with Gasteiger partial charge in [-0.1, -0.05) is 0 Å². The molecule has 1 aromatic rings. The SMILES string of the molecule is CC(C)OC[C@H]1O[C@H](O[C@H]2OCC[C@H]3[C@H](OC(=O)c4ccc(O)cc4)[C@H]4O[C@]4(CO)[C@H]23)[C@@H](O)[C@H](O)[C@H]1OC(C)C. The van der Waals surface area contributed by atoms with E-state index in [2.05, 4.69) is 0 Å². The molecule has 1 aromatic carbocycles. The number of epoxide rings is 1. The van der Waals surface area contributed by atoms with Crippen molar-refractivity contribution >= 4 is 5.97 Å². The van der Waals surface area contributed by atoms with Crippen molar-refractivity contribution in [3.8, 4) is 5.75 Å². The Morgan fingerprint density at radius 1 is 1.05 bits per heavy atom. The summed E-state index contributed by atoms with van der Waals surface area (Å²) < 4.78 is 41.6. The molecule has 1 saturated carbocycles. The van der Waals surface area contributed by atoms with Gasteiger partial charge in [0, 0.05) is 5.92 Å². The molecule has 3 saturated heterocycles. The minimum Gasteiger partial charge on any atom is -0.508 e. The first-order valence-corrected chi connectivity index (χ1v) is 13.9. The predicted molar refractivity (Wildman–Crippen MR) is 136 cm³/mol. The third kappa shape index (κ3) is 5.61. The summed E-state index contributed by atoms with van der Waals surface area (Å²) >= 11 is 0. The molecule has 5 rings (SSSR count). The molecule has 0 radical (unpaired) electrons. The van der Waals surface area contributed by atoms with Crippen molar-refractivity contribution < 1.29 is 58.4 Å². The maximum Gasteiger partial charge on any atom is 0.338 e. The molecule has 224 valence electrons. The van der Waals surface area contributed by atoms with E-state index in [-0.39, 0.29) is 49.3 Å². The van der Waals surface area contributed by atoms with E-state index in [4.69, 9.17) is 33.2 Å². The smallest absolute Gasteiger partial charge is 0.338 e. The van der Waals surface area contributed by atoms with Crippen molar-refractivity contribution in [1.29, 1.82) is 0 Å². The number of aliphatic hydroxyl groups excluding tert-OH is 3. The predicted octanol–water partition coefficient (Wildman–Crippen LogP) is 0.722. The molecule has 11 atom stereocenters. The second-order valence-corrected chi connectivity index (χ2v) is 11.5. The Morgan fingerprint density at radius 3 is 2.42 bits per heavy atom. The Balaban J connectivity index is 1.32. The first-order chi connectivity index (χ1) is 19.1. The number of rotatable bonds is 10. The fourth-order valence-corrected chi connectivity index (χ4v) is 6.16. The molecular weight excluding hydrogens is 528 g/mol. The number of carbonyl (C=O) groups excluding carboxylic acids is 1. The Bertz CT molecular complexity index is 1020. The average molecular weight is 569 g/mol. The molecule has 12 heteroatoms. The maximum atomic E-state index is 12.9. The molecule has 0 amide bonds. The van der Waals surface area contributed by atoms with Gasteiger partial charge < -0.3 is 53.6 Å². The van der Waals surface area contributed by atoms with Crippen LogP contribution in [0.4, 0.5) is 0 Å². The molecule has 40 heavy (non-hydrogen) atoms. The van der Waals surface area contributed by atoms with Crippen LogP contribution in [-0.2, 0) is 33.2 Å². The van der Waals surface area contributed by atoms with Gasteiger partial charge in [0.25, 0.3) is 0 Å². The Kier molecular flexibility index (Phi) is 8.73. The Labute approximate surface area is 233 Å². The minimum absolute atomic E-state index is 0.0315. The number of phenolic OH excluding ortho intramolecular Hbond substituents is 1. The van der Waals surface area contributed by atoms with Crippen LogP contribution in [0.2, 0.25) is 0 Å². The summed E-state index contributed by atoms with van der Waals surface area (Å²) in [5, 5.41) is 41.8. The van der Waals surface area contributed by atoms with Gasteiger partial charge in [0.2, 0.25) is 0 Å². The number of hydrogen-bond donors (Lipinski definition) is 4. The van der Waals surface area contributed by atoms with E-state index >= 15 is 0 Å². The summed E-state index contributed by atoms with van der Waals surface area (Å²) in [6, 6.07) is 5.74. The lowest BCUT2D eigenvalue weighted by Crippen LogP contribution is -2.62. The van der Waals surface area contributed by atoms with Crippen molar-refractivity contribution in [2.24, 2.45) is 11.8 Å². The Morgan fingerprint density at radius 2 is 1.77 bits per heavy atom. The topological polar surface area (TPSA) is 166 Å². The van der Waals surface area contributed by atoms with Crippen LogP contribution < -0.4 is 0 Å². The van der Waals surface area contributed by atoms with Crippen molar-refractivity contribution in [3.63, 3.8) is 0 Å². The third-order valence-electron chi connectivity index (χ3n) is 8.07. The number of fused-ring (bicyclic) bond motifs is 3. The number of esters is 1. The molecule has 4 fully saturated rings. The van der Waals surface area contributed by atoms with Crippen LogP contribution in [0, 0.1) is 11.8 Å². The van der Waals surface area contributed by atoms with E-state index < -0.39 is 66.7 Å². The van der Waals surface area contributed by atoms with Gasteiger partial charge in [0.05, 0.1) is 43.5 Å². The summed E-state index contributed by atoms with van der Waals surface area (Å²) in [6.07, 6.45) is -7.61. The quantitative estimate of drug-likeness (QED) is 0.231. The highest BCUT2D eigenvalue weighted by Gasteiger charge is 2.77. The summed E-state index contributed by atoms with van der Waals surface area (Å²) in [5.41, 5.74) is -0.769. The molecule has 3 heterocycles. The summed E-state index contributed by atoms with van der Waals surface area (Å²) in [5.74, 6) is -1.33. The van der Waals surface area contributed by atoms with Crippen molar-refractivity contribution in [2.75, 3.05) is 19.8 Å². The largest absolute Gasteiger partial charge is 0.508 e. The van der Waals surface area contributed by atoms with Gasteiger partial charge in [-0.2, -0.15) is 0 Å². The molecule has 3 aliphatic heterocycles. The van der Waals surface area contributed by atoms with Crippen LogP contribution >= 0.6 is 0 Å². The van der Waals surface area contributed by atoms with Crippen LogP contribution in [0.5, 0.6) is 5.75 Å². The lowest BCUT2D eigenvalue weighted by Gasteiger charge is -2.46. The normalized spacial score (nSPS) is 40.6. The standard InChI is InChI=1S/C28H40O12/c1-13(2)35-11-18-23(36-14(3)4)20(31)21(32)27(37-18)39-26-19-17(9-10-34-26)22(24-28(19,12-29)40-24)38-25(33)15-5-7-16(30)8-6-15/h5-8,13-14,17-24,26-27,29-32H,9-12H2,1-4H3/t17-,18-,19+,20+,21+,22+,23+,24-,26-,27-,28-/m1/s1. The average Bonchev–Trinajstić information content (AvgIpc) is 3.59. The maximum absolute atomic E-state index is 12.9. The van der Waals surface area contributed by atoms with E-state index in [0.29, 0.717) is 6.42 Å². The van der Waals surface area contributed by atoms with Crippen molar-refractivity contribution in [1.82, 2.24) is 0 Å². The van der Waals surface area contributed by atoms with E-state index in [1.807, 2.05) is 27.7 Å². The van der Waals surface area contributed by atoms with Gasteiger partial charge in [-0.05, 0) is 58.4 Å². The van der Waals surface area contributed by atoms with Gasteiger partial charge in [-0.3, -0.25) is 0 Å². The summed E-state index contributed by atoms with van der Waals surface area (Å²) in [4.78, 5) is 12.9. The zero-order chi connectivity index (χ0) is 28.8. The van der Waals surface area contributed by atoms with Crippen molar-refractivity contribution in [3.05, 3.63) is 29.8 Å². The number of aromatic hydroxyl groups is 1. The first-order valence-electron chi connectivity index (χ1n) is 13.9. The van der Waals surface area contributed by atoms with Gasteiger partial charge >= 0.3 is 5.97 Å². The lowest BCUT2D eigenvalue weighted by atomic mass is 9.83. The zero-order valence-corrected chi connectivity index (χ0v) is 23.1. The highest BCUT2D eigenvalue weighted by atomic mass is 16.8. The zero-order valence-electron chi connectivity index (χ0n) is 23.1.